The minimum atomic E-state index is -0.636. The number of benzene rings is 2. The van der Waals surface area contributed by atoms with Crippen molar-refractivity contribution in [3.8, 4) is 10.6 Å². The maximum atomic E-state index is 12.8. The van der Waals surface area contributed by atoms with Crippen molar-refractivity contribution in [2.45, 2.75) is 26.0 Å². The Hall–Kier alpha value is -3.39. The first-order valence-electron chi connectivity index (χ1n) is 9.13. The summed E-state index contributed by atoms with van der Waals surface area (Å²) in [6, 6.07) is 17.3. The molecule has 4 aromatic rings. The summed E-state index contributed by atoms with van der Waals surface area (Å²) in [7, 11) is 0. The Bertz CT molecular complexity index is 1060. The lowest BCUT2D eigenvalue weighted by Gasteiger charge is -2.15. The minimum absolute atomic E-state index is 0.106. The Morgan fingerprint density at radius 1 is 1.14 bits per heavy atom. The zero-order chi connectivity index (χ0) is 20.1. The second-order valence-corrected chi connectivity index (χ2v) is 7.47. The molecular formula is C21H19N5O2S. The van der Waals surface area contributed by atoms with Crippen LogP contribution in [0, 0.1) is 6.92 Å². The number of carbonyl (C=O) groups excluding carboxylic acids is 1. The first-order valence-corrected chi connectivity index (χ1v) is 10.0. The van der Waals surface area contributed by atoms with Crippen LogP contribution in [-0.2, 0) is 22.6 Å². The lowest BCUT2D eigenvalue weighted by molar-refractivity contribution is -0.149. The molecule has 0 aliphatic rings. The number of thiazole rings is 1. The van der Waals surface area contributed by atoms with E-state index >= 15 is 0 Å². The van der Waals surface area contributed by atoms with Crippen molar-refractivity contribution in [3.63, 3.8) is 0 Å². The number of tetrazole rings is 1. The minimum Gasteiger partial charge on any atom is -0.458 e. The van der Waals surface area contributed by atoms with Crippen LogP contribution in [0.3, 0.4) is 0 Å². The van der Waals surface area contributed by atoms with Gasteiger partial charge in [-0.05, 0) is 22.9 Å². The number of carbonyl (C=O) groups is 1. The summed E-state index contributed by atoms with van der Waals surface area (Å²) in [5.74, 6) is -0.397. The van der Waals surface area contributed by atoms with E-state index in [2.05, 4.69) is 32.6 Å². The second-order valence-electron chi connectivity index (χ2n) is 6.61. The molecule has 0 amide bonds. The summed E-state index contributed by atoms with van der Waals surface area (Å²) in [4.78, 5) is 17.4. The molecule has 0 aliphatic heterocycles. The van der Waals surface area contributed by atoms with E-state index in [9.17, 15) is 4.79 Å². The Morgan fingerprint density at radius 3 is 2.66 bits per heavy atom. The SMILES string of the molecule is Cc1ccc(-c2nc(COC(=O)[C@@H](Cc3ccccc3)n3cnnn3)cs2)cc1. The first-order chi connectivity index (χ1) is 14.2. The molecule has 29 heavy (non-hydrogen) atoms. The molecule has 2 aromatic carbocycles. The fourth-order valence-electron chi connectivity index (χ4n) is 2.88. The van der Waals surface area contributed by atoms with Gasteiger partial charge in [0.05, 0.1) is 5.69 Å². The fourth-order valence-corrected chi connectivity index (χ4v) is 3.69. The van der Waals surface area contributed by atoms with Gasteiger partial charge in [0.2, 0.25) is 0 Å². The van der Waals surface area contributed by atoms with Crippen molar-refractivity contribution >= 4 is 17.3 Å². The smallest absolute Gasteiger partial charge is 0.331 e. The Balaban J connectivity index is 1.43. The molecule has 0 N–H and O–H groups in total. The highest BCUT2D eigenvalue weighted by atomic mass is 32.1. The molecule has 0 saturated heterocycles. The molecule has 0 fully saturated rings. The Morgan fingerprint density at radius 2 is 1.93 bits per heavy atom. The average Bonchev–Trinajstić information content (AvgIpc) is 3.44. The molecule has 0 spiro atoms. The highest BCUT2D eigenvalue weighted by molar-refractivity contribution is 7.13. The van der Waals surface area contributed by atoms with Gasteiger partial charge in [0.1, 0.15) is 17.9 Å². The van der Waals surface area contributed by atoms with E-state index in [1.165, 1.54) is 27.9 Å². The number of hydrogen-bond acceptors (Lipinski definition) is 7. The van der Waals surface area contributed by atoms with Crippen molar-refractivity contribution in [3.05, 3.63) is 83.1 Å². The number of nitrogens with zero attached hydrogens (tertiary/aromatic N) is 5. The van der Waals surface area contributed by atoms with Crippen LogP contribution in [0.15, 0.2) is 66.3 Å². The number of hydrogen-bond donors (Lipinski definition) is 0. The number of rotatable bonds is 7. The van der Waals surface area contributed by atoms with E-state index in [0.29, 0.717) is 12.1 Å². The van der Waals surface area contributed by atoms with Gasteiger partial charge < -0.3 is 4.74 Å². The van der Waals surface area contributed by atoms with Crippen molar-refractivity contribution in [2.24, 2.45) is 0 Å². The Labute approximate surface area is 172 Å². The molecule has 8 heteroatoms. The maximum absolute atomic E-state index is 12.8. The summed E-state index contributed by atoms with van der Waals surface area (Å²) in [5, 5.41) is 14.0. The third-order valence-corrected chi connectivity index (χ3v) is 5.38. The van der Waals surface area contributed by atoms with Gasteiger partial charge in [-0.2, -0.15) is 0 Å². The van der Waals surface area contributed by atoms with Crippen molar-refractivity contribution in [1.29, 1.82) is 0 Å². The molecule has 2 aromatic heterocycles. The molecule has 1 atom stereocenters. The second kappa shape index (κ2) is 8.74. The summed E-state index contributed by atoms with van der Waals surface area (Å²) in [6.07, 6.45) is 1.86. The van der Waals surface area contributed by atoms with Crippen LogP contribution < -0.4 is 0 Å². The number of aromatic nitrogens is 5. The van der Waals surface area contributed by atoms with Crippen LogP contribution in [0.25, 0.3) is 10.6 Å². The fraction of sp³-hybridized carbons (Fsp3) is 0.190. The van der Waals surface area contributed by atoms with Gasteiger partial charge in [-0.25, -0.2) is 14.5 Å². The van der Waals surface area contributed by atoms with Gasteiger partial charge in [0.15, 0.2) is 6.04 Å². The number of esters is 1. The molecule has 0 saturated carbocycles. The van der Waals surface area contributed by atoms with E-state index in [1.807, 2.05) is 54.8 Å². The molecule has 0 bridgehead atoms. The van der Waals surface area contributed by atoms with Crippen molar-refractivity contribution in [2.75, 3.05) is 0 Å². The molecule has 0 radical (unpaired) electrons. The number of aryl methyl sites for hydroxylation is 1. The first kappa shape index (κ1) is 18.9. The topological polar surface area (TPSA) is 82.8 Å². The van der Waals surface area contributed by atoms with Crippen LogP contribution in [0.2, 0.25) is 0 Å². The molecular weight excluding hydrogens is 386 g/mol. The van der Waals surface area contributed by atoms with Crippen LogP contribution in [-0.4, -0.2) is 31.2 Å². The van der Waals surface area contributed by atoms with Gasteiger partial charge in [-0.1, -0.05) is 60.2 Å². The predicted octanol–water partition coefficient (Wildman–Crippen LogP) is 3.63. The van der Waals surface area contributed by atoms with Gasteiger partial charge in [0, 0.05) is 17.4 Å². The lowest BCUT2D eigenvalue weighted by atomic mass is 10.1. The van der Waals surface area contributed by atoms with E-state index < -0.39 is 12.0 Å². The monoisotopic (exact) mass is 405 g/mol. The van der Waals surface area contributed by atoms with Gasteiger partial charge in [-0.3, -0.25) is 0 Å². The molecule has 2 heterocycles. The van der Waals surface area contributed by atoms with Crippen LogP contribution >= 0.6 is 11.3 Å². The predicted molar refractivity (Wildman–Crippen MR) is 109 cm³/mol. The summed E-state index contributed by atoms with van der Waals surface area (Å²) in [6.45, 7) is 2.15. The van der Waals surface area contributed by atoms with Gasteiger partial charge in [-0.15, -0.1) is 16.4 Å². The average molecular weight is 405 g/mol. The maximum Gasteiger partial charge on any atom is 0.331 e. The normalized spacial score (nSPS) is 11.9. The highest BCUT2D eigenvalue weighted by Gasteiger charge is 2.24. The van der Waals surface area contributed by atoms with Gasteiger partial charge >= 0.3 is 5.97 Å². The summed E-state index contributed by atoms with van der Waals surface area (Å²) < 4.78 is 6.97. The van der Waals surface area contributed by atoms with E-state index in [1.54, 1.807) is 0 Å². The molecule has 146 valence electrons. The van der Waals surface area contributed by atoms with Crippen molar-refractivity contribution in [1.82, 2.24) is 25.2 Å². The summed E-state index contributed by atoms with van der Waals surface area (Å²) in [5.41, 5.74) is 3.97. The molecule has 0 aliphatic carbocycles. The third-order valence-electron chi connectivity index (χ3n) is 4.44. The molecule has 7 nitrogen and oxygen atoms in total. The quantitative estimate of drug-likeness (QED) is 0.437. The largest absolute Gasteiger partial charge is 0.458 e. The van der Waals surface area contributed by atoms with Crippen molar-refractivity contribution < 1.29 is 9.53 Å². The van der Waals surface area contributed by atoms with E-state index in [4.69, 9.17) is 4.74 Å². The highest BCUT2D eigenvalue weighted by Crippen LogP contribution is 2.24. The van der Waals surface area contributed by atoms with E-state index in [0.717, 1.165) is 16.1 Å². The zero-order valence-electron chi connectivity index (χ0n) is 15.8. The van der Waals surface area contributed by atoms with Gasteiger partial charge in [0.25, 0.3) is 0 Å². The third kappa shape index (κ3) is 4.72. The summed E-state index contributed by atoms with van der Waals surface area (Å²) >= 11 is 1.53. The number of ether oxygens (including phenoxy) is 1. The van der Waals surface area contributed by atoms with E-state index in [-0.39, 0.29) is 6.61 Å². The molecule has 0 unspecified atom stereocenters. The van der Waals surface area contributed by atoms with Crippen LogP contribution in [0.1, 0.15) is 22.9 Å². The van der Waals surface area contributed by atoms with Crippen LogP contribution in [0.4, 0.5) is 0 Å². The Kier molecular flexibility index (Phi) is 5.71. The molecule has 4 rings (SSSR count). The lowest BCUT2D eigenvalue weighted by Crippen LogP contribution is -2.24. The van der Waals surface area contributed by atoms with Crippen LogP contribution in [0.5, 0.6) is 0 Å². The standard InChI is InChI=1S/C21H19N5O2S/c1-15-7-9-17(10-8-15)20-23-18(13-29-20)12-28-21(27)19(26-14-22-24-25-26)11-16-5-3-2-4-6-16/h2-10,13-14,19H,11-12H2,1H3/t19-/m1/s1. The zero-order valence-corrected chi connectivity index (χ0v) is 16.6.